The van der Waals surface area contributed by atoms with Gasteiger partial charge >= 0.3 is 6.18 Å². The highest BCUT2D eigenvalue weighted by Gasteiger charge is 2.34. The molecule has 0 N–H and O–H groups in total. The maximum absolute atomic E-state index is 11.8. The van der Waals surface area contributed by atoms with Gasteiger partial charge in [-0.05, 0) is 5.92 Å². The van der Waals surface area contributed by atoms with E-state index in [0.29, 0.717) is 5.54 Å². The molecule has 0 fully saturated rings. The summed E-state index contributed by atoms with van der Waals surface area (Å²) in [5.74, 6) is -0.572. The van der Waals surface area contributed by atoms with Gasteiger partial charge in [0.2, 0.25) is 0 Å². The molecule has 0 atom stereocenters. The molecule has 0 saturated carbocycles. The molecule has 10 heavy (non-hydrogen) atoms. The third kappa shape index (κ3) is 2.60. The molecule has 0 radical (unpaired) electrons. The molecule has 0 aromatic carbocycles. The Morgan fingerprint density at radius 2 is 1.80 bits per heavy atom. The molecular weight excluding hydrogens is 165 g/mol. The van der Waals surface area contributed by atoms with E-state index in [1.165, 1.54) is 13.8 Å². The van der Waals surface area contributed by atoms with Crippen LogP contribution in [0.25, 0.3) is 0 Å². The fraction of sp³-hybridized carbons (Fsp3) is 0.667. The van der Waals surface area contributed by atoms with Crippen molar-refractivity contribution in [2.75, 3.05) is 0 Å². The van der Waals surface area contributed by atoms with Crippen molar-refractivity contribution in [2.45, 2.75) is 20.0 Å². The third-order valence-electron chi connectivity index (χ3n) is 1.07. The zero-order valence-electron chi connectivity index (χ0n) is 5.67. The summed E-state index contributed by atoms with van der Waals surface area (Å²) >= 11 is 4.97. The van der Waals surface area contributed by atoms with E-state index in [2.05, 4.69) is 0 Å². The predicted octanol–water partition coefficient (Wildman–Crippen LogP) is 3.33. The fourth-order valence-electron chi connectivity index (χ4n) is 0.515. The average Bonchev–Trinajstić information content (AvgIpc) is 1.60. The molecule has 0 aromatic heterocycles. The Bertz CT molecular complexity index is 134. The Morgan fingerprint density at radius 3 is 1.80 bits per heavy atom. The van der Waals surface area contributed by atoms with Crippen molar-refractivity contribution >= 4 is 11.6 Å². The largest absolute Gasteiger partial charge is 0.413 e. The van der Waals surface area contributed by atoms with Gasteiger partial charge in [-0.25, -0.2) is 0 Å². The van der Waals surface area contributed by atoms with E-state index in [1.807, 2.05) is 0 Å². The van der Waals surface area contributed by atoms with Gasteiger partial charge in [-0.3, -0.25) is 0 Å². The monoisotopic (exact) mass is 172 g/mol. The van der Waals surface area contributed by atoms with Gasteiger partial charge in [0.05, 0.1) is 0 Å². The first-order valence-corrected chi connectivity index (χ1v) is 3.20. The molecule has 0 heterocycles. The minimum absolute atomic E-state index is 0.572. The van der Waals surface area contributed by atoms with Crippen LogP contribution in [0.4, 0.5) is 13.2 Å². The molecule has 0 amide bonds. The highest BCUT2D eigenvalue weighted by molar-refractivity contribution is 6.25. The first kappa shape index (κ1) is 9.82. The van der Waals surface area contributed by atoms with Crippen molar-refractivity contribution in [1.29, 1.82) is 0 Å². The van der Waals surface area contributed by atoms with Crippen molar-refractivity contribution in [3.63, 3.8) is 0 Å². The number of rotatable bonds is 1. The quantitative estimate of drug-likeness (QED) is 0.569. The van der Waals surface area contributed by atoms with E-state index in [9.17, 15) is 13.2 Å². The number of allylic oxidation sites excluding steroid dienone is 1. The lowest BCUT2D eigenvalue weighted by atomic mass is 10.1. The van der Waals surface area contributed by atoms with Crippen molar-refractivity contribution in [1.82, 2.24) is 0 Å². The minimum Gasteiger partial charge on any atom is -0.166 e. The Balaban J connectivity index is 4.40. The summed E-state index contributed by atoms with van der Waals surface area (Å²) in [6.45, 7) is 2.89. The van der Waals surface area contributed by atoms with Crippen LogP contribution in [0.2, 0.25) is 0 Å². The first-order chi connectivity index (χ1) is 4.39. The van der Waals surface area contributed by atoms with Gasteiger partial charge in [-0.15, -0.1) is 0 Å². The number of hydrogen-bond donors (Lipinski definition) is 0. The average molecular weight is 173 g/mol. The zero-order valence-corrected chi connectivity index (χ0v) is 6.42. The molecule has 0 aliphatic carbocycles. The van der Waals surface area contributed by atoms with Gasteiger partial charge in [-0.1, -0.05) is 25.4 Å². The third-order valence-corrected chi connectivity index (χ3v) is 1.30. The molecule has 60 valence electrons. The molecule has 0 unspecified atom stereocenters. The zero-order chi connectivity index (χ0) is 8.36. The Labute approximate surface area is 62.7 Å². The van der Waals surface area contributed by atoms with E-state index in [-0.39, 0.29) is 0 Å². The smallest absolute Gasteiger partial charge is 0.166 e. The highest BCUT2D eigenvalue weighted by Crippen LogP contribution is 2.31. The van der Waals surface area contributed by atoms with Crippen LogP contribution in [0.1, 0.15) is 13.8 Å². The van der Waals surface area contributed by atoms with E-state index in [1.54, 1.807) is 0 Å². The molecule has 0 nitrogen and oxygen atoms in total. The second kappa shape index (κ2) is 3.28. The van der Waals surface area contributed by atoms with Crippen LogP contribution in [0.15, 0.2) is 11.1 Å². The lowest BCUT2D eigenvalue weighted by Crippen LogP contribution is -2.15. The van der Waals surface area contributed by atoms with E-state index >= 15 is 0 Å². The molecule has 4 heteroatoms. The van der Waals surface area contributed by atoms with Crippen LogP contribution in [0.5, 0.6) is 0 Å². The summed E-state index contributed by atoms with van der Waals surface area (Å²) in [6.07, 6.45) is -4.28. The fourth-order valence-corrected chi connectivity index (χ4v) is 0.891. The van der Waals surface area contributed by atoms with Crippen LogP contribution >= 0.6 is 11.6 Å². The lowest BCUT2D eigenvalue weighted by Gasteiger charge is -2.12. The summed E-state index contributed by atoms with van der Waals surface area (Å²) < 4.78 is 35.5. The van der Waals surface area contributed by atoms with Gasteiger partial charge in [0.25, 0.3) is 0 Å². The van der Waals surface area contributed by atoms with Gasteiger partial charge in [0, 0.05) is 11.1 Å². The van der Waals surface area contributed by atoms with E-state index < -0.39 is 17.7 Å². The highest BCUT2D eigenvalue weighted by atomic mass is 35.5. The second-order valence-corrected chi connectivity index (χ2v) is 2.44. The van der Waals surface area contributed by atoms with Crippen molar-refractivity contribution in [3.8, 4) is 0 Å². The molecule has 0 rings (SSSR count). The molecule has 0 saturated heterocycles. The molecular formula is C6H8ClF3. The summed E-state index contributed by atoms with van der Waals surface area (Å²) in [6, 6.07) is 0. The molecule has 0 aromatic rings. The van der Waals surface area contributed by atoms with Crippen LogP contribution in [-0.4, -0.2) is 6.18 Å². The van der Waals surface area contributed by atoms with Gasteiger partial charge in [0.15, 0.2) is 0 Å². The normalized spacial score (nSPS) is 14.5. The number of alkyl halides is 3. The summed E-state index contributed by atoms with van der Waals surface area (Å²) in [5.41, 5.74) is -0.0980. The second-order valence-electron chi connectivity index (χ2n) is 2.22. The van der Waals surface area contributed by atoms with Crippen LogP contribution < -0.4 is 0 Å². The predicted molar refractivity (Wildman–Crippen MR) is 34.8 cm³/mol. The van der Waals surface area contributed by atoms with Crippen LogP contribution in [-0.2, 0) is 0 Å². The summed E-state index contributed by atoms with van der Waals surface area (Å²) in [4.78, 5) is 0. The Kier molecular flexibility index (Phi) is 3.22. The SMILES string of the molecule is CC(C)/C(=C/Cl)C(F)(F)F. The summed E-state index contributed by atoms with van der Waals surface area (Å²) in [7, 11) is 0. The van der Waals surface area contributed by atoms with Crippen molar-refractivity contribution in [3.05, 3.63) is 11.1 Å². The first-order valence-electron chi connectivity index (χ1n) is 2.77. The number of hydrogen-bond acceptors (Lipinski definition) is 0. The van der Waals surface area contributed by atoms with Crippen molar-refractivity contribution < 1.29 is 13.2 Å². The Hall–Kier alpha value is -0.180. The standard InChI is InChI=1S/C6H8ClF3/c1-4(2)5(3-7)6(8,9)10/h3-4H,1-2H3/b5-3-. The maximum atomic E-state index is 11.8. The number of halogens is 4. The van der Waals surface area contributed by atoms with Crippen molar-refractivity contribution in [2.24, 2.45) is 5.92 Å². The maximum Gasteiger partial charge on any atom is 0.413 e. The molecule has 0 aliphatic heterocycles. The van der Waals surface area contributed by atoms with Crippen LogP contribution in [0, 0.1) is 5.92 Å². The van der Waals surface area contributed by atoms with Gasteiger partial charge < -0.3 is 0 Å². The van der Waals surface area contributed by atoms with E-state index in [0.717, 1.165) is 0 Å². The van der Waals surface area contributed by atoms with Gasteiger partial charge in [0.1, 0.15) is 0 Å². The Morgan fingerprint density at radius 1 is 1.40 bits per heavy atom. The van der Waals surface area contributed by atoms with Crippen LogP contribution in [0.3, 0.4) is 0 Å². The summed E-state index contributed by atoms with van der Waals surface area (Å²) in [5, 5.41) is 0. The molecule has 0 bridgehead atoms. The molecule has 0 spiro atoms. The lowest BCUT2D eigenvalue weighted by molar-refractivity contribution is -0.0974. The minimum atomic E-state index is -4.28. The molecule has 0 aliphatic rings. The van der Waals surface area contributed by atoms with E-state index in [4.69, 9.17) is 11.6 Å². The van der Waals surface area contributed by atoms with Gasteiger partial charge in [-0.2, -0.15) is 13.2 Å². The topological polar surface area (TPSA) is 0 Å².